The summed E-state index contributed by atoms with van der Waals surface area (Å²) in [4.78, 5) is 27.1. The monoisotopic (exact) mass is 480 g/mol. The average Bonchev–Trinajstić information content (AvgIpc) is 3.23. The number of H-pyrrole nitrogens is 1. The molecule has 2 aromatic heterocycles. The second-order valence-corrected chi connectivity index (χ2v) is 8.98. The number of aromatic nitrogens is 4. The zero-order valence-electron chi connectivity index (χ0n) is 18.2. The lowest BCUT2D eigenvalue weighted by Gasteiger charge is -2.27. The lowest BCUT2D eigenvalue weighted by atomic mass is 9.85. The zero-order valence-corrected chi connectivity index (χ0v) is 18.9. The summed E-state index contributed by atoms with van der Waals surface area (Å²) in [6.45, 7) is 0. The number of benzene rings is 2. The average molecular weight is 481 g/mol. The van der Waals surface area contributed by atoms with Crippen molar-refractivity contribution in [3.05, 3.63) is 59.6 Å². The minimum absolute atomic E-state index is 0.000568. The van der Waals surface area contributed by atoms with Gasteiger partial charge >= 0.3 is 5.97 Å². The molecule has 0 atom stereocenters. The van der Waals surface area contributed by atoms with Crippen molar-refractivity contribution in [2.45, 2.75) is 38.2 Å². The number of halogens is 2. The Hall–Kier alpha value is -3.52. The number of hydrogen-bond donors (Lipinski definition) is 2. The summed E-state index contributed by atoms with van der Waals surface area (Å²) in [6, 6.07) is 10.1. The number of carboxylic acids is 1. The summed E-state index contributed by atoms with van der Waals surface area (Å²) in [6.07, 6.45) is 6.54. The molecule has 1 aliphatic carbocycles. The number of aromatic amines is 1. The Bertz CT molecular complexity index is 1330. The van der Waals surface area contributed by atoms with Crippen LogP contribution in [-0.2, 0) is 4.79 Å². The van der Waals surface area contributed by atoms with E-state index in [0.29, 0.717) is 39.1 Å². The van der Waals surface area contributed by atoms with E-state index in [-0.39, 0.29) is 18.4 Å². The third kappa shape index (κ3) is 4.87. The Balaban J connectivity index is 1.26. The maximum absolute atomic E-state index is 14.9. The molecule has 0 aliphatic heterocycles. The Morgan fingerprint density at radius 3 is 2.65 bits per heavy atom. The molecule has 34 heavy (non-hydrogen) atoms. The van der Waals surface area contributed by atoms with E-state index in [9.17, 15) is 9.18 Å². The molecule has 2 heterocycles. The first-order valence-corrected chi connectivity index (χ1v) is 11.5. The molecule has 2 aromatic carbocycles. The molecule has 0 unspecified atom stereocenters. The van der Waals surface area contributed by atoms with Gasteiger partial charge in [0.05, 0.1) is 34.7 Å². The predicted octanol–water partition coefficient (Wildman–Crippen LogP) is 5.89. The van der Waals surface area contributed by atoms with E-state index < -0.39 is 11.8 Å². The predicted molar refractivity (Wildman–Crippen MR) is 126 cm³/mol. The Kier molecular flexibility index (Phi) is 6.15. The second kappa shape index (κ2) is 9.38. The van der Waals surface area contributed by atoms with E-state index in [4.69, 9.17) is 21.4 Å². The van der Waals surface area contributed by atoms with Crippen molar-refractivity contribution in [1.82, 2.24) is 19.9 Å². The summed E-state index contributed by atoms with van der Waals surface area (Å²) in [5.41, 5.74) is 2.91. The summed E-state index contributed by atoms with van der Waals surface area (Å²) in [5, 5.41) is 9.51. The first kappa shape index (κ1) is 22.3. The molecule has 2 N–H and O–H groups in total. The molecular weight excluding hydrogens is 459 g/mol. The van der Waals surface area contributed by atoms with Crippen molar-refractivity contribution in [3.63, 3.8) is 0 Å². The fourth-order valence-corrected chi connectivity index (χ4v) is 4.55. The molecular formula is C25H22ClFN4O3. The van der Waals surface area contributed by atoms with Crippen LogP contribution in [0.2, 0.25) is 5.02 Å². The molecule has 174 valence electrons. The van der Waals surface area contributed by atoms with Crippen molar-refractivity contribution in [1.29, 1.82) is 0 Å². The summed E-state index contributed by atoms with van der Waals surface area (Å²) < 4.78 is 20.9. The number of ether oxygens (including phenoxy) is 1. The summed E-state index contributed by atoms with van der Waals surface area (Å²) in [7, 11) is 0. The maximum atomic E-state index is 14.9. The van der Waals surface area contributed by atoms with Crippen LogP contribution in [0.1, 0.15) is 32.1 Å². The third-order valence-electron chi connectivity index (χ3n) is 6.14. The highest BCUT2D eigenvalue weighted by Crippen LogP contribution is 2.30. The highest BCUT2D eigenvalue weighted by molar-refractivity contribution is 6.31. The van der Waals surface area contributed by atoms with E-state index in [1.165, 1.54) is 12.3 Å². The van der Waals surface area contributed by atoms with Crippen LogP contribution >= 0.6 is 11.6 Å². The molecule has 9 heteroatoms. The van der Waals surface area contributed by atoms with Gasteiger partial charge in [0.2, 0.25) is 5.88 Å². The van der Waals surface area contributed by atoms with Gasteiger partial charge in [0.15, 0.2) is 0 Å². The fraction of sp³-hybridized carbons (Fsp3) is 0.280. The number of fused-ring (bicyclic) bond motifs is 1. The minimum Gasteiger partial charge on any atom is -0.481 e. The van der Waals surface area contributed by atoms with Crippen LogP contribution in [0.5, 0.6) is 5.88 Å². The Labute approximate surface area is 200 Å². The number of rotatable bonds is 6. The highest BCUT2D eigenvalue weighted by atomic mass is 35.5. The van der Waals surface area contributed by atoms with Gasteiger partial charge in [-0.15, -0.1) is 0 Å². The first-order chi connectivity index (χ1) is 16.4. The molecule has 7 nitrogen and oxygen atoms in total. The van der Waals surface area contributed by atoms with E-state index in [1.54, 1.807) is 36.5 Å². The van der Waals surface area contributed by atoms with Crippen LogP contribution in [0, 0.1) is 11.7 Å². The van der Waals surface area contributed by atoms with Gasteiger partial charge in [-0.1, -0.05) is 17.7 Å². The SMILES string of the molecule is O=C(O)CC1CCC(Oc2cnc(-c3ccc(-c4nc5ccc(Cl)cc5[nH]4)c(F)c3)cn2)CC1. The van der Waals surface area contributed by atoms with Gasteiger partial charge in [0.1, 0.15) is 17.7 Å². The molecule has 0 spiro atoms. The third-order valence-corrected chi connectivity index (χ3v) is 6.37. The standard InChI is InChI=1S/C25H22ClFN4O3/c26-16-4-8-20-21(11-16)31-25(30-20)18-7-3-15(10-19(18)27)22-12-29-23(13-28-22)34-17-5-1-14(2-6-17)9-24(32)33/h3-4,7-8,10-14,17H,1-2,5-6,9H2,(H,30,31)(H,32,33). The van der Waals surface area contributed by atoms with E-state index in [2.05, 4.69) is 19.9 Å². The molecule has 0 bridgehead atoms. The van der Waals surface area contributed by atoms with Crippen LogP contribution in [0.15, 0.2) is 48.8 Å². The van der Waals surface area contributed by atoms with Crippen molar-refractivity contribution in [3.8, 4) is 28.5 Å². The van der Waals surface area contributed by atoms with Crippen LogP contribution in [-0.4, -0.2) is 37.1 Å². The van der Waals surface area contributed by atoms with Crippen molar-refractivity contribution in [2.24, 2.45) is 5.92 Å². The van der Waals surface area contributed by atoms with Crippen LogP contribution in [0.3, 0.4) is 0 Å². The summed E-state index contributed by atoms with van der Waals surface area (Å²) in [5.74, 6) is -0.139. The quantitative estimate of drug-likeness (QED) is 0.356. The van der Waals surface area contributed by atoms with Gasteiger partial charge in [-0.05, 0) is 61.9 Å². The van der Waals surface area contributed by atoms with Crippen molar-refractivity contribution < 1.29 is 19.0 Å². The van der Waals surface area contributed by atoms with E-state index in [1.807, 2.05) is 0 Å². The van der Waals surface area contributed by atoms with Crippen LogP contribution < -0.4 is 4.74 Å². The fourth-order valence-electron chi connectivity index (χ4n) is 4.37. The first-order valence-electron chi connectivity index (χ1n) is 11.1. The van der Waals surface area contributed by atoms with Gasteiger partial charge in [0.25, 0.3) is 0 Å². The zero-order chi connectivity index (χ0) is 23.7. The van der Waals surface area contributed by atoms with Crippen molar-refractivity contribution in [2.75, 3.05) is 0 Å². The number of nitrogens with one attached hydrogen (secondary N) is 1. The minimum atomic E-state index is -0.752. The molecule has 1 fully saturated rings. The lowest BCUT2D eigenvalue weighted by Crippen LogP contribution is -2.25. The van der Waals surface area contributed by atoms with Gasteiger partial charge in [-0.3, -0.25) is 4.79 Å². The molecule has 0 radical (unpaired) electrons. The van der Waals surface area contributed by atoms with Crippen LogP contribution in [0.4, 0.5) is 4.39 Å². The molecule has 4 aromatic rings. The molecule has 0 amide bonds. The Morgan fingerprint density at radius 1 is 1.12 bits per heavy atom. The van der Waals surface area contributed by atoms with E-state index in [0.717, 1.165) is 31.2 Å². The normalized spacial score (nSPS) is 18.2. The number of imidazole rings is 1. The Morgan fingerprint density at radius 2 is 1.94 bits per heavy atom. The smallest absolute Gasteiger partial charge is 0.303 e. The number of carbonyl (C=O) groups is 1. The number of nitrogens with zero attached hydrogens (tertiary/aromatic N) is 3. The number of hydrogen-bond acceptors (Lipinski definition) is 5. The highest BCUT2D eigenvalue weighted by Gasteiger charge is 2.24. The van der Waals surface area contributed by atoms with Crippen molar-refractivity contribution >= 4 is 28.6 Å². The van der Waals surface area contributed by atoms with Gasteiger partial charge in [-0.2, -0.15) is 0 Å². The summed E-state index contributed by atoms with van der Waals surface area (Å²) >= 11 is 6.02. The molecule has 0 saturated heterocycles. The van der Waals surface area contributed by atoms with Gasteiger partial charge < -0.3 is 14.8 Å². The topological polar surface area (TPSA) is 101 Å². The number of aliphatic carboxylic acids is 1. The molecule has 1 saturated carbocycles. The molecule has 5 rings (SSSR count). The van der Waals surface area contributed by atoms with E-state index >= 15 is 0 Å². The van der Waals surface area contributed by atoms with Gasteiger partial charge in [-0.25, -0.2) is 19.3 Å². The van der Waals surface area contributed by atoms with Crippen LogP contribution in [0.25, 0.3) is 33.7 Å². The lowest BCUT2D eigenvalue weighted by molar-refractivity contribution is -0.138. The van der Waals surface area contributed by atoms with Gasteiger partial charge in [0, 0.05) is 17.0 Å². The number of carboxylic acid groups (broad SMARTS) is 1. The molecule has 1 aliphatic rings. The largest absolute Gasteiger partial charge is 0.481 e. The second-order valence-electron chi connectivity index (χ2n) is 8.54. The maximum Gasteiger partial charge on any atom is 0.303 e.